The van der Waals surface area contributed by atoms with Crippen LogP contribution in [0.5, 0.6) is 0 Å². The van der Waals surface area contributed by atoms with Crippen molar-refractivity contribution in [3.63, 3.8) is 0 Å². The molecule has 4 rings (SSSR count). The van der Waals surface area contributed by atoms with E-state index in [-0.39, 0.29) is 11.1 Å². The number of aromatic nitrogens is 4. The molecule has 0 radical (unpaired) electrons. The van der Waals surface area contributed by atoms with Gasteiger partial charge in [-0.05, 0) is 19.4 Å². The fourth-order valence-corrected chi connectivity index (χ4v) is 4.96. The molecule has 0 spiro atoms. The Balaban J connectivity index is 1.43. The molecule has 28 heavy (non-hydrogen) atoms. The molecule has 2 aromatic heterocycles. The molecule has 0 saturated carbocycles. The number of thioether (sulfide) groups is 1. The van der Waals surface area contributed by atoms with Crippen molar-refractivity contribution < 1.29 is 24.9 Å². The van der Waals surface area contributed by atoms with E-state index in [0.29, 0.717) is 29.9 Å². The van der Waals surface area contributed by atoms with Crippen molar-refractivity contribution in [2.75, 3.05) is 18.0 Å². The van der Waals surface area contributed by atoms with Gasteiger partial charge in [-0.25, -0.2) is 15.0 Å². The van der Waals surface area contributed by atoms with Crippen LogP contribution in [0.3, 0.4) is 0 Å². The van der Waals surface area contributed by atoms with E-state index in [4.69, 9.17) is 15.6 Å². The Morgan fingerprint density at radius 1 is 1.36 bits per heavy atom. The average Bonchev–Trinajstić information content (AvgIpc) is 3.23. The van der Waals surface area contributed by atoms with Gasteiger partial charge in [-0.2, -0.15) is 11.8 Å². The summed E-state index contributed by atoms with van der Waals surface area (Å²) in [5.74, 6) is -0.191. The topological polar surface area (TPSA) is 169 Å². The van der Waals surface area contributed by atoms with Crippen LogP contribution in [0.2, 0.25) is 0 Å². The molecule has 4 heterocycles. The number of carboxylic acids is 1. The van der Waals surface area contributed by atoms with E-state index in [0.717, 1.165) is 6.42 Å². The number of hydrogen-bond acceptors (Lipinski definition) is 10. The normalized spacial score (nSPS) is 33.4. The standard InChI is InChI=1S/C16H22N6O5S/c17-13-10-14(20-5-19-13)22(6-21-10)15-12(24)11(23)9(27-15)4-28-7-1-2-18-8(3-7)16(25)26/h5-9,11-12,15,18,23-24H,1-4H2,(H,25,26)(H2,17,19,20)/t7-,8+,9-,11-,12-,15-/m1/s1. The second kappa shape index (κ2) is 7.79. The number of nitrogens with one attached hydrogen (secondary N) is 1. The van der Waals surface area contributed by atoms with Crippen LogP contribution in [0.25, 0.3) is 11.2 Å². The zero-order chi connectivity index (χ0) is 19.8. The Bertz CT molecular complexity index is 865. The number of nitrogen functional groups attached to an aromatic ring is 1. The van der Waals surface area contributed by atoms with Gasteiger partial charge >= 0.3 is 5.97 Å². The third-order valence-electron chi connectivity index (χ3n) is 5.15. The van der Waals surface area contributed by atoms with Gasteiger partial charge in [0.05, 0.1) is 12.4 Å². The number of ether oxygens (including phenoxy) is 1. The van der Waals surface area contributed by atoms with Gasteiger partial charge in [-0.15, -0.1) is 0 Å². The van der Waals surface area contributed by atoms with Gasteiger partial charge in [0.2, 0.25) is 0 Å². The third-order valence-corrected chi connectivity index (χ3v) is 6.57. The van der Waals surface area contributed by atoms with Gasteiger partial charge in [-0.3, -0.25) is 9.36 Å². The Labute approximate surface area is 164 Å². The van der Waals surface area contributed by atoms with Gasteiger partial charge in [0.15, 0.2) is 17.7 Å². The van der Waals surface area contributed by atoms with Crippen molar-refractivity contribution in [2.45, 2.75) is 48.7 Å². The Morgan fingerprint density at radius 3 is 2.96 bits per heavy atom. The molecule has 2 aliphatic heterocycles. The van der Waals surface area contributed by atoms with E-state index >= 15 is 0 Å². The fraction of sp³-hybridized carbons (Fsp3) is 0.625. The minimum atomic E-state index is -1.15. The molecule has 2 fully saturated rings. The number of aliphatic hydroxyl groups is 2. The number of carbonyl (C=O) groups is 1. The number of anilines is 1. The van der Waals surface area contributed by atoms with Crippen LogP contribution in [-0.4, -0.2) is 82.7 Å². The lowest BCUT2D eigenvalue weighted by atomic mass is 10.1. The number of fused-ring (bicyclic) bond motifs is 1. The smallest absolute Gasteiger partial charge is 0.320 e. The maximum atomic E-state index is 11.2. The molecular weight excluding hydrogens is 388 g/mol. The van der Waals surface area contributed by atoms with Gasteiger partial charge < -0.3 is 31.1 Å². The molecule has 12 heteroatoms. The first kappa shape index (κ1) is 19.3. The summed E-state index contributed by atoms with van der Waals surface area (Å²) in [6, 6.07) is -0.554. The lowest BCUT2D eigenvalue weighted by molar-refractivity contribution is -0.140. The van der Waals surface area contributed by atoms with Crippen molar-refractivity contribution in [3.05, 3.63) is 12.7 Å². The highest BCUT2D eigenvalue weighted by Gasteiger charge is 2.44. The summed E-state index contributed by atoms with van der Waals surface area (Å²) in [5.41, 5.74) is 6.61. The van der Waals surface area contributed by atoms with Crippen LogP contribution in [0.4, 0.5) is 5.82 Å². The first-order valence-electron chi connectivity index (χ1n) is 8.98. The summed E-state index contributed by atoms with van der Waals surface area (Å²) in [5, 5.41) is 33.2. The molecule has 6 N–H and O–H groups in total. The third kappa shape index (κ3) is 3.53. The predicted octanol–water partition coefficient (Wildman–Crippen LogP) is -1.03. The predicted molar refractivity (Wildman–Crippen MR) is 101 cm³/mol. The van der Waals surface area contributed by atoms with E-state index in [1.54, 1.807) is 11.8 Å². The van der Waals surface area contributed by atoms with Gasteiger partial charge in [0.25, 0.3) is 0 Å². The highest BCUT2D eigenvalue weighted by atomic mass is 32.2. The van der Waals surface area contributed by atoms with Crippen LogP contribution in [-0.2, 0) is 9.53 Å². The zero-order valence-electron chi connectivity index (χ0n) is 14.9. The first-order chi connectivity index (χ1) is 13.5. The summed E-state index contributed by atoms with van der Waals surface area (Å²) >= 11 is 1.56. The van der Waals surface area contributed by atoms with Gasteiger partial charge in [0.1, 0.15) is 30.1 Å². The summed E-state index contributed by atoms with van der Waals surface area (Å²) < 4.78 is 7.45. The van der Waals surface area contributed by atoms with Crippen LogP contribution < -0.4 is 11.1 Å². The highest BCUT2D eigenvalue weighted by molar-refractivity contribution is 7.99. The number of rotatable bonds is 5. The quantitative estimate of drug-likeness (QED) is 0.408. The maximum Gasteiger partial charge on any atom is 0.320 e. The Hall–Kier alpha value is -1.99. The number of piperidine rings is 1. The minimum absolute atomic E-state index is 0.149. The van der Waals surface area contributed by atoms with E-state index in [1.165, 1.54) is 17.2 Å². The number of nitrogens with zero attached hydrogens (tertiary/aromatic N) is 4. The molecule has 6 atom stereocenters. The van der Waals surface area contributed by atoms with Crippen LogP contribution in [0, 0.1) is 0 Å². The molecule has 0 aromatic carbocycles. The van der Waals surface area contributed by atoms with Gasteiger partial charge in [-0.1, -0.05) is 0 Å². The molecule has 0 bridgehead atoms. The van der Waals surface area contributed by atoms with Crippen LogP contribution in [0.1, 0.15) is 19.1 Å². The molecule has 2 saturated heterocycles. The molecular formula is C16H22N6O5S. The van der Waals surface area contributed by atoms with E-state index in [2.05, 4.69) is 20.3 Å². The number of aliphatic hydroxyl groups excluding tert-OH is 2. The summed E-state index contributed by atoms with van der Waals surface area (Å²) in [6.45, 7) is 0.635. The molecule has 2 aliphatic rings. The first-order valence-corrected chi connectivity index (χ1v) is 10.0. The fourth-order valence-electron chi connectivity index (χ4n) is 3.61. The monoisotopic (exact) mass is 410 g/mol. The van der Waals surface area contributed by atoms with Crippen molar-refractivity contribution in [1.82, 2.24) is 24.8 Å². The molecule has 0 amide bonds. The van der Waals surface area contributed by atoms with E-state index in [1.807, 2.05) is 0 Å². The van der Waals surface area contributed by atoms with E-state index < -0.39 is 36.6 Å². The number of hydrogen-bond donors (Lipinski definition) is 5. The molecule has 2 aromatic rings. The second-order valence-electron chi connectivity index (χ2n) is 6.95. The number of nitrogens with two attached hydrogens (primary N) is 1. The van der Waals surface area contributed by atoms with Gasteiger partial charge in [0, 0.05) is 11.0 Å². The number of aliphatic carboxylic acids is 1. The SMILES string of the molecule is Nc1ncnc2c1ncn2[C@@H]1O[C@H](CS[C@@H]2CCN[C@H](C(=O)O)C2)[C@@H](O)[C@H]1O. The molecule has 152 valence electrons. The number of imidazole rings is 1. The Kier molecular flexibility index (Phi) is 5.38. The van der Waals surface area contributed by atoms with Crippen LogP contribution >= 0.6 is 11.8 Å². The van der Waals surface area contributed by atoms with Crippen molar-refractivity contribution >= 4 is 34.7 Å². The second-order valence-corrected chi connectivity index (χ2v) is 8.29. The molecule has 0 unspecified atom stereocenters. The van der Waals surface area contributed by atoms with Crippen molar-refractivity contribution in [3.8, 4) is 0 Å². The van der Waals surface area contributed by atoms with Crippen molar-refractivity contribution in [2.24, 2.45) is 0 Å². The average molecular weight is 410 g/mol. The number of carboxylic acid groups (broad SMARTS) is 1. The zero-order valence-corrected chi connectivity index (χ0v) is 15.7. The molecule has 11 nitrogen and oxygen atoms in total. The molecule has 0 aliphatic carbocycles. The summed E-state index contributed by atoms with van der Waals surface area (Å²) in [4.78, 5) is 23.4. The lowest BCUT2D eigenvalue weighted by Crippen LogP contribution is -2.44. The lowest BCUT2D eigenvalue weighted by Gasteiger charge is -2.28. The Morgan fingerprint density at radius 2 is 2.18 bits per heavy atom. The highest BCUT2D eigenvalue weighted by Crippen LogP contribution is 2.35. The minimum Gasteiger partial charge on any atom is -0.480 e. The maximum absolute atomic E-state index is 11.2. The summed E-state index contributed by atoms with van der Waals surface area (Å²) in [6.07, 6.45) is 0.431. The summed E-state index contributed by atoms with van der Waals surface area (Å²) in [7, 11) is 0. The van der Waals surface area contributed by atoms with Crippen molar-refractivity contribution in [1.29, 1.82) is 0 Å². The van der Waals surface area contributed by atoms with Crippen LogP contribution in [0.15, 0.2) is 12.7 Å². The largest absolute Gasteiger partial charge is 0.480 e. The van der Waals surface area contributed by atoms with E-state index in [9.17, 15) is 15.0 Å².